The van der Waals surface area contributed by atoms with E-state index < -0.39 is 22.0 Å². The first-order valence-electron chi connectivity index (χ1n) is 8.64. The van der Waals surface area contributed by atoms with Crippen LogP contribution in [0.4, 0.5) is 4.39 Å². The summed E-state index contributed by atoms with van der Waals surface area (Å²) in [6.07, 6.45) is 5.12. The van der Waals surface area contributed by atoms with Crippen molar-refractivity contribution in [3.05, 3.63) is 28.8 Å². The van der Waals surface area contributed by atoms with Crippen molar-refractivity contribution >= 4 is 49.2 Å². The maximum atomic E-state index is 13.6. The number of aryl methyl sites for hydroxylation is 1. The fourth-order valence-corrected chi connectivity index (χ4v) is 5.82. The Bertz CT molecular complexity index is 1010. The zero-order valence-electron chi connectivity index (χ0n) is 15.2. The maximum Gasteiger partial charge on any atom is 0.266 e. The molecular formula is C17H22FN3O3S3. The molecule has 3 rings (SSSR count). The van der Waals surface area contributed by atoms with Crippen LogP contribution in [-0.4, -0.2) is 54.0 Å². The molecule has 0 radical (unpaired) electrons. The first kappa shape index (κ1) is 20.5. The highest BCUT2D eigenvalue weighted by atomic mass is 32.2. The quantitative estimate of drug-likeness (QED) is 0.729. The van der Waals surface area contributed by atoms with Gasteiger partial charge in [-0.1, -0.05) is 17.8 Å². The molecule has 1 aromatic heterocycles. The van der Waals surface area contributed by atoms with Crippen LogP contribution in [-0.2, 0) is 21.4 Å². The molecular weight excluding hydrogens is 409 g/mol. The Morgan fingerprint density at radius 1 is 1.41 bits per heavy atom. The third-order valence-corrected chi connectivity index (χ3v) is 7.46. The average molecular weight is 432 g/mol. The van der Waals surface area contributed by atoms with Crippen molar-refractivity contribution in [1.29, 1.82) is 0 Å². The van der Waals surface area contributed by atoms with Crippen molar-refractivity contribution in [3.63, 3.8) is 0 Å². The number of fused-ring (bicyclic) bond motifs is 1. The van der Waals surface area contributed by atoms with Crippen LogP contribution in [0, 0.1) is 5.82 Å². The predicted octanol–water partition coefficient (Wildman–Crippen LogP) is 2.45. The van der Waals surface area contributed by atoms with E-state index in [1.807, 2.05) is 10.8 Å². The van der Waals surface area contributed by atoms with E-state index in [2.05, 4.69) is 4.99 Å². The van der Waals surface area contributed by atoms with Crippen molar-refractivity contribution in [1.82, 2.24) is 8.87 Å². The molecule has 1 fully saturated rings. The third-order valence-electron chi connectivity index (χ3n) is 4.53. The van der Waals surface area contributed by atoms with Gasteiger partial charge < -0.3 is 4.57 Å². The van der Waals surface area contributed by atoms with Crippen LogP contribution >= 0.6 is 23.1 Å². The molecule has 1 aliphatic heterocycles. The molecule has 148 valence electrons. The molecule has 1 saturated heterocycles. The van der Waals surface area contributed by atoms with Gasteiger partial charge >= 0.3 is 0 Å². The van der Waals surface area contributed by atoms with Gasteiger partial charge in [-0.2, -0.15) is 21.1 Å². The normalized spacial score (nSPS) is 19.7. The number of halogens is 1. The molecule has 0 spiro atoms. The van der Waals surface area contributed by atoms with E-state index in [4.69, 9.17) is 0 Å². The van der Waals surface area contributed by atoms with Crippen LogP contribution in [0.25, 0.3) is 10.2 Å². The van der Waals surface area contributed by atoms with E-state index >= 15 is 0 Å². The van der Waals surface area contributed by atoms with Gasteiger partial charge in [0.1, 0.15) is 11.9 Å². The van der Waals surface area contributed by atoms with Gasteiger partial charge in [0, 0.05) is 18.8 Å². The van der Waals surface area contributed by atoms with E-state index in [-0.39, 0.29) is 5.82 Å². The molecule has 6 nitrogen and oxygen atoms in total. The highest BCUT2D eigenvalue weighted by molar-refractivity contribution is 7.98. The van der Waals surface area contributed by atoms with Gasteiger partial charge in [0.25, 0.3) is 5.91 Å². The van der Waals surface area contributed by atoms with E-state index in [0.29, 0.717) is 29.0 Å². The fourth-order valence-electron chi connectivity index (χ4n) is 3.25. The Hall–Kier alpha value is -1.23. The smallest absolute Gasteiger partial charge is 0.266 e. The van der Waals surface area contributed by atoms with Gasteiger partial charge in [-0.05, 0) is 37.3 Å². The number of nitrogens with zero attached hydrogens (tertiary/aromatic N) is 3. The van der Waals surface area contributed by atoms with Gasteiger partial charge in [0.15, 0.2) is 4.80 Å². The van der Waals surface area contributed by atoms with Crippen molar-refractivity contribution in [3.8, 4) is 0 Å². The molecule has 2 aromatic rings. The number of sulfonamides is 1. The number of hydrogen-bond acceptors (Lipinski definition) is 5. The first-order valence-corrected chi connectivity index (χ1v) is 12.7. The average Bonchev–Trinajstić information content (AvgIpc) is 2.95. The van der Waals surface area contributed by atoms with Crippen LogP contribution in [0.2, 0.25) is 0 Å². The minimum atomic E-state index is -3.47. The number of piperidine rings is 1. The fraction of sp³-hybridized carbons (Fsp3) is 0.529. The molecule has 0 aliphatic carbocycles. The SMILES string of the molecule is CSCCn1c(=NC(=O)C2CCCCN2S(C)(=O)=O)sc2cc(F)ccc21. The van der Waals surface area contributed by atoms with Crippen molar-refractivity contribution in [2.24, 2.45) is 4.99 Å². The third kappa shape index (κ3) is 4.61. The molecule has 27 heavy (non-hydrogen) atoms. The minimum absolute atomic E-state index is 0.339. The van der Waals surface area contributed by atoms with Crippen molar-refractivity contribution < 1.29 is 17.6 Å². The van der Waals surface area contributed by atoms with Gasteiger partial charge in [-0.15, -0.1) is 0 Å². The van der Waals surface area contributed by atoms with Crippen LogP contribution in [0.1, 0.15) is 19.3 Å². The van der Waals surface area contributed by atoms with E-state index in [1.54, 1.807) is 17.8 Å². The van der Waals surface area contributed by atoms with Crippen LogP contribution < -0.4 is 4.80 Å². The Labute approximate surface area is 166 Å². The molecule has 2 heterocycles. The van der Waals surface area contributed by atoms with E-state index in [0.717, 1.165) is 30.4 Å². The number of aromatic nitrogens is 1. The first-order chi connectivity index (χ1) is 12.8. The number of amides is 1. The molecule has 10 heteroatoms. The number of rotatable bonds is 5. The van der Waals surface area contributed by atoms with Crippen molar-refractivity contribution in [2.45, 2.75) is 31.8 Å². The molecule has 0 bridgehead atoms. The van der Waals surface area contributed by atoms with Gasteiger partial charge in [-0.3, -0.25) is 4.79 Å². The van der Waals surface area contributed by atoms with E-state index in [9.17, 15) is 17.6 Å². The summed E-state index contributed by atoms with van der Waals surface area (Å²) < 4.78 is 41.5. The highest BCUT2D eigenvalue weighted by Gasteiger charge is 2.34. The molecule has 1 aliphatic rings. The van der Waals surface area contributed by atoms with Gasteiger partial charge in [0.05, 0.1) is 16.5 Å². The van der Waals surface area contributed by atoms with Crippen molar-refractivity contribution in [2.75, 3.05) is 24.8 Å². The lowest BCUT2D eigenvalue weighted by Gasteiger charge is -2.31. The number of benzene rings is 1. The second-order valence-electron chi connectivity index (χ2n) is 6.48. The lowest BCUT2D eigenvalue weighted by Crippen LogP contribution is -2.47. The Kier molecular flexibility index (Phi) is 6.39. The largest absolute Gasteiger partial charge is 0.316 e. The molecule has 1 atom stereocenters. The number of thioether (sulfide) groups is 1. The monoisotopic (exact) mass is 431 g/mol. The van der Waals surface area contributed by atoms with E-state index in [1.165, 1.54) is 27.8 Å². The summed E-state index contributed by atoms with van der Waals surface area (Å²) in [6.45, 7) is 0.980. The summed E-state index contributed by atoms with van der Waals surface area (Å²) in [5.41, 5.74) is 0.825. The number of thiazole rings is 1. The number of hydrogen-bond donors (Lipinski definition) is 0. The summed E-state index contributed by atoms with van der Waals surface area (Å²) >= 11 is 2.91. The number of carbonyl (C=O) groups excluding carboxylic acids is 1. The second-order valence-corrected chi connectivity index (χ2v) is 10.4. The standard InChI is InChI=1S/C17H22FN3O3S3/c1-25-10-9-20-13-7-6-12(18)11-15(13)26-17(20)19-16(22)14-5-3-4-8-21(14)27(2,23)24/h6-7,11,14H,3-5,8-10H2,1-2H3. The number of carbonyl (C=O) groups is 1. The summed E-state index contributed by atoms with van der Waals surface area (Å²) in [4.78, 5) is 17.6. The zero-order chi connectivity index (χ0) is 19.6. The minimum Gasteiger partial charge on any atom is -0.316 e. The predicted molar refractivity (Wildman–Crippen MR) is 108 cm³/mol. The molecule has 0 saturated carbocycles. The highest BCUT2D eigenvalue weighted by Crippen LogP contribution is 2.22. The molecule has 1 unspecified atom stereocenters. The van der Waals surface area contributed by atoms with Gasteiger partial charge in [-0.25, -0.2) is 12.8 Å². The van der Waals surface area contributed by atoms with Gasteiger partial charge in [0.2, 0.25) is 10.0 Å². The maximum absolute atomic E-state index is 13.6. The Morgan fingerprint density at radius 2 is 2.19 bits per heavy atom. The zero-order valence-corrected chi connectivity index (χ0v) is 17.7. The molecule has 0 N–H and O–H groups in total. The van der Waals surface area contributed by atoms with Crippen LogP contribution in [0.3, 0.4) is 0 Å². The molecule has 1 aromatic carbocycles. The summed E-state index contributed by atoms with van der Waals surface area (Å²) in [5, 5.41) is 0. The molecule has 1 amide bonds. The van der Waals surface area contributed by atoms with Crippen LogP contribution in [0.15, 0.2) is 23.2 Å². The lowest BCUT2D eigenvalue weighted by atomic mass is 10.0. The lowest BCUT2D eigenvalue weighted by molar-refractivity contribution is -0.122. The summed E-state index contributed by atoms with van der Waals surface area (Å²) in [7, 11) is -3.47. The second kappa shape index (κ2) is 8.42. The Morgan fingerprint density at radius 3 is 2.89 bits per heavy atom. The van der Waals surface area contributed by atoms with Crippen LogP contribution in [0.5, 0.6) is 0 Å². The Balaban J connectivity index is 2.04. The topological polar surface area (TPSA) is 71.7 Å². The summed E-state index contributed by atoms with van der Waals surface area (Å²) in [6, 6.07) is 3.75. The summed E-state index contributed by atoms with van der Waals surface area (Å²) in [5.74, 6) is 0.0305.